The minimum atomic E-state index is -0.971. The Morgan fingerprint density at radius 1 is 1.12 bits per heavy atom. The highest BCUT2D eigenvalue weighted by atomic mass is 16.5. The van der Waals surface area contributed by atoms with Gasteiger partial charge in [-0.3, -0.25) is 4.79 Å². The molecular formula is C19H27NO5. The van der Waals surface area contributed by atoms with E-state index in [0.717, 1.165) is 11.3 Å². The average molecular weight is 349 g/mol. The van der Waals surface area contributed by atoms with Crippen LogP contribution in [0.15, 0.2) is 24.3 Å². The first-order valence-corrected chi connectivity index (χ1v) is 8.53. The van der Waals surface area contributed by atoms with Crippen molar-refractivity contribution in [2.24, 2.45) is 0 Å². The zero-order chi connectivity index (χ0) is 18.4. The molecule has 1 aliphatic rings. The molecule has 1 atom stereocenters. The van der Waals surface area contributed by atoms with Crippen LogP contribution < -0.4 is 10.1 Å². The molecule has 1 aliphatic carbocycles. The first-order chi connectivity index (χ1) is 12.0. The molecule has 0 spiro atoms. The summed E-state index contributed by atoms with van der Waals surface area (Å²) in [7, 11) is 4.62. The van der Waals surface area contributed by atoms with Gasteiger partial charge in [-0.2, -0.15) is 0 Å². The van der Waals surface area contributed by atoms with E-state index in [2.05, 4.69) is 5.32 Å². The van der Waals surface area contributed by atoms with Gasteiger partial charge < -0.3 is 19.5 Å². The number of hydrogen-bond acceptors (Lipinski definition) is 5. The van der Waals surface area contributed by atoms with Crippen molar-refractivity contribution >= 4 is 11.9 Å². The average Bonchev–Trinajstić information content (AvgIpc) is 2.67. The van der Waals surface area contributed by atoms with Crippen LogP contribution in [0.2, 0.25) is 0 Å². The number of hydrogen-bond donors (Lipinski definition) is 1. The van der Waals surface area contributed by atoms with Gasteiger partial charge in [-0.15, -0.1) is 0 Å². The summed E-state index contributed by atoms with van der Waals surface area (Å²) in [6.45, 7) is 1.82. The summed E-state index contributed by atoms with van der Waals surface area (Å²) in [5, 5.41) is 2.95. The van der Waals surface area contributed by atoms with E-state index in [1.807, 2.05) is 31.2 Å². The predicted octanol–water partition coefficient (Wildman–Crippen LogP) is 2.42. The molecule has 1 N–H and O–H groups in total. The molecule has 1 aromatic rings. The van der Waals surface area contributed by atoms with Gasteiger partial charge in [0, 0.05) is 7.11 Å². The fraction of sp³-hybridized carbons (Fsp3) is 0.579. The topological polar surface area (TPSA) is 73.9 Å². The van der Waals surface area contributed by atoms with Crippen LogP contribution in [0.4, 0.5) is 0 Å². The van der Waals surface area contributed by atoms with Crippen molar-refractivity contribution in [2.75, 3.05) is 21.3 Å². The monoisotopic (exact) mass is 349 g/mol. The molecule has 1 fully saturated rings. The maximum atomic E-state index is 12.8. The molecule has 0 aromatic heterocycles. The van der Waals surface area contributed by atoms with Gasteiger partial charge in [-0.25, -0.2) is 4.79 Å². The largest absolute Gasteiger partial charge is 0.497 e. The first kappa shape index (κ1) is 19.2. The summed E-state index contributed by atoms with van der Waals surface area (Å²) in [6, 6.07) is 7.35. The Morgan fingerprint density at radius 3 is 2.20 bits per heavy atom. The molecule has 0 heterocycles. The van der Waals surface area contributed by atoms with E-state index in [-0.39, 0.29) is 17.9 Å². The zero-order valence-electron chi connectivity index (χ0n) is 15.3. The van der Waals surface area contributed by atoms with Gasteiger partial charge in [0.2, 0.25) is 5.91 Å². The zero-order valence-corrected chi connectivity index (χ0v) is 15.3. The lowest BCUT2D eigenvalue weighted by atomic mass is 9.79. The fourth-order valence-corrected chi connectivity index (χ4v) is 3.28. The Morgan fingerprint density at radius 2 is 1.72 bits per heavy atom. The molecule has 1 aromatic carbocycles. The van der Waals surface area contributed by atoms with Crippen molar-refractivity contribution < 1.29 is 23.8 Å². The highest BCUT2D eigenvalue weighted by Crippen LogP contribution is 2.32. The maximum absolute atomic E-state index is 12.8. The summed E-state index contributed by atoms with van der Waals surface area (Å²) >= 11 is 0. The molecule has 1 amide bonds. The smallest absolute Gasteiger partial charge is 0.331 e. The molecule has 0 radical (unpaired) electrons. The van der Waals surface area contributed by atoms with Crippen LogP contribution in [0.1, 0.15) is 44.1 Å². The van der Waals surface area contributed by atoms with Crippen molar-refractivity contribution in [3.63, 3.8) is 0 Å². The lowest BCUT2D eigenvalue weighted by molar-refractivity contribution is -0.154. The minimum absolute atomic E-state index is 0.119. The predicted molar refractivity (Wildman–Crippen MR) is 93.6 cm³/mol. The SMILES string of the molecule is COC(=O)C1(NC(=O)C(C)c2ccc(OC)cc2)CCC(OC)CC1. The lowest BCUT2D eigenvalue weighted by Gasteiger charge is -2.38. The van der Waals surface area contributed by atoms with Crippen molar-refractivity contribution in [1.82, 2.24) is 5.32 Å². The standard InChI is InChI=1S/C19H27NO5/c1-13(14-5-7-15(23-2)8-6-14)17(21)20-19(18(22)25-4)11-9-16(24-3)10-12-19/h5-8,13,16H,9-12H2,1-4H3,(H,20,21). The molecule has 0 saturated heterocycles. The number of nitrogens with one attached hydrogen (secondary N) is 1. The summed E-state index contributed by atoms with van der Waals surface area (Å²) in [5.41, 5.74) is -0.106. The second-order valence-corrected chi connectivity index (χ2v) is 6.49. The number of carbonyl (C=O) groups is 2. The number of esters is 1. The van der Waals surface area contributed by atoms with Crippen LogP contribution in [0.3, 0.4) is 0 Å². The Hall–Kier alpha value is -2.08. The number of amides is 1. The fourth-order valence-electron chi connectivity index (χ4n) is 3.28. The first-order valence-electron chi connectivity index (χ1n) is 8.53. The van der Waals surface area contributed by atoms with Crippen LogP contribution in [0.25, 0.3) is 0 Å². The van der Waals surface area contributed by atoms with Gasteiger partial charge in [-0.05, 0) is 50.3 Å². The molecule has 138 valence electrons. The van der Waals surface area contributed by atoms with Crippen molar-refractivity contribution in [3.8, 4) is 5.75 Å². The van der Waals surface area contributed by atoms with Gasteiger partial charge >= 0.3 is 5.97 Å². The maximum Gasteiger partial charge on any atom is 0.331 e. The number of carbonyl (C=O) groups excluding carboxylic acids is 2. The lowest BCUT2D eigenvalue weighted by Crippen LogP contribution is -2.58. The second-order valence-electron chi connectivity index (χ2n) is 6.49. The van der Waals surface area contributed by atoms with Crippen molar-refractivity contribution in [2.45, 2.75) is 50.2 Å². The number of methoxy groups -OCH3 is 3. The van der Waals surface area contributed by atoms with Gasteiger partial charge in [0.05, 0.1) is 26.2 Å². The molecule has 6 nitrogen and oxygen atoms in total. The van der Waals surface area contributed by atoms with E-state index in [0.29, 0.717) is 25.7 Å². The Balaban J connectivity index is 2.12. The highest BCUT2D eigenvalue weighted by molar-refractivity contribution is 5.91. The molecule has 25 heavy (non-hydrogen) atoms. The van der Waals surface area contributed by atoms with Crippen LogP contribution in [0.5, 0.6) is 5.75 Å². The third-order valence-corrected chi connectivity index (χ3v) is 5.07. The van der Waals surface area contributed by atoms with E-state index in [4.69, 9.17) is 14.2 Å². The van der Waals surface area contributed by atoms with Crippen LogP contribution in [0, 0.1) is 0 Å². The minimum Gasteiger partial charge on any atom is -0.497 e. The van der Waals surface area contributed by atoms with Crippen LogP contribution in [-0.2, 0) is 19.1 Å². The van der Waals surface area contributed by atoms with E-state index in [1.54, 1.807) is 14.2 Å². The van der Waals surface area contributed by atoms with Gasteiger partial charge in [0.1, 0.15) is 11.3 Å². The quantitative estimate of drug-likeness (QED) is 0.799. The van der Waals surface area contributed by atoms with Crippen LogP contribution >= 0.6 is 0 Å². The van der Waals surface area contributed by atoms with Crippen molar-refractivity contribution in [3.05, 3.63) is 29.8 Å². The normalized spacial score (nSPS) is 24.2. The Bertz CT molecular complexity index is 590. The molecule has 0 aliphatic heterocycles. The Labute approximate surface area is 148 Å². The van der Waals surface area contributed by atoms with Gasteiger partial charge in [0.25, 0.3) is 0 Å². The molecule has 0 bridgehead atoms. The number of ether oxygens (including phenoxy) is 3. The van der Waals surface area contributed by atoms with Crippen LogP contribution in [-0.4, -0.2) is 44.8 Å². The van der Waals surface area contributed by atoms with E-state index >= 15 is 0 Å². The summed E-state index contributed by atoms with van der Waals surface area (Å²) in [6.07, 6.45) is 2.57. The van der Waals surface area contributed by atoms with Gasteiger partial charge in [-0.1, -0.05) is 12.1 Å². The Kier molecular flexibility index (Phi) is 6.42. The summed E-state index contributed by atoms with van der Waals surface area (Å²) in [5.74, 6) is -0.225. The number of benzene rings is 1. The molecule has 1 saturated carbocycles. The third kappa shape index (κ3) is 4.31. The summed E-state index contributed by atoms with van der Waals surface area (Å²) < 4.78 is 15.5. The summed E-state index contributed by atoms with van der Waals surface area (Å²) in [4.78, 5) is 25.1. The number of rotatable bonds is 6. The van der Waals surface area contributed by atoms with E-state index < -0.39 is 11.5 Å². The van der Waals surface area contributed by atoms with Gasteiger partial charge in [0.15, 0.2) is 0 Å². The second kappa shape index (κ2) is 8.34. The van der Waals surface area contributed by atoms with E-state index in [9.17, 15) is 9.59 Å². The molecular weight excluding hydrogens is 322 g/mol. The third-order valence-electron chi connectivity index (χ3n) is 5.07. The highest BCUT2D eigenvalue weighted by Gasteiger charge is 2.44. The molecule has 1 unspecified atom stereocenters. The van der Waals surface area contributed by atoms with Crippen molar-refractivity contribution in [1.29, 1.82) is 0 Å². The molecule has 2 rings (SSSR count). The molecule has 6 heteroatoms. The van der Waals surface area contributed by atoms with E-state index in [1.165, 1.54) is 7.11 Å².